The maximum atomic E-state index is 11.9. The highest BCUT2D eigenvalue weighted by Crippen LogP contribution is 2.25. The molecule has 1 fully saturated rings. The second-order valence-electron chi connectivity index (χ2n) is 5.03. The van der Waals surface area contributed by atoms with Gasteiger partial charge in [0.2, 0.25) is 0 Å². The average Bonchev–Trinajstić information content (AvgIpc) is 3.35. The molecule has 7 heteroatoms. The van der Waals surface area contributed by atoms with Crippen molar-refractivity contribution in [3.8, 4) is 0 Å². The van der Waals surface area contributed by atoms with Crippen LogP contribution in [0.4, 0.5) is 0 Å². The summed E-state index contributed by atoms with van der Waals surface area (Å²) in [5, 5.41) is 14.3. The van der Waals surface area contributed by atoms with E-state index in [1.807, 2.05) is 0 Å². The summed E-state index contributed by atoms with van der Waals surface area (Å²) in [4.78, 5) is 18.3. The number of nitrogens with one attached hydrogen (secondary N) is 1. The van der Waals surface area contributed by atoms with Crippen molar-refractivity contribution >= 4 is 11.7 Å². The first-order chi connectivity index (χ1) is 10.2. The highest BCUT2D eigenvalue weighted by atomic mass is 16.4. The van der Waals surface area contributed by atoms with Crippen LogP contribution in [0.5, 0.6) is 0 Å². The highest BCUT2D eigenvalue weighted by Gasteiger charge is 2.27. The Balaban J connectivity index is 1.82. The molecule has 0 spiro atoms. The summed E-state index contributed by atoms with van der Waals surface area (Å²) in [6, 6.07) is 3.85. The monoisotopic (exact) mass is 291 g/mol. The van der Waals surface area contributed by atoms with Crippen LogP contribution in [0.25, 0.3) is 0 Å². The van der Waals surface area contributed by atoms with Gasteiger partial charge in [-0.2, -0.15) is 0 Å². The maximum Gasteiger partial charge on any atom is 0.269 e. The lowest BCUT2D eigenvalue weighted by atomic mass is 10.2. The Morgan fingerprint density at radius 2 is 2.33 bits per heavy atom. The molecule has 114 valence electrons. The number of rotatable bonds is 7. The molecule has 1 aromatic rings. The van der Waals surface area contributed by atoms with Gasteiger partial charge in [-0.15, -0.1) is 0 Å². The molecule has 0 bridgehead atoms. The van der Waals surface area contributed by atoms with Crippen LogP contribution in [0, 0.1) is 0 Å². The van der Waals surface area contributed by atoms with Crippen molar-refractivity contribution in [2.45, 2.75) is 25.8 Å². The topological polar surface area (TPSA) is 104 Å². The lowest BCUT2D eigenvalue weighted by molar-refractivity contribution is 0.0943. The molecule has 0 saturated heterocycles. The summed E-state index contributed by atoms with van der Waals surface area (Å²) in [7, 11) is 0. The Bertz CT molecular complexity index is 511. The van der Waals surface area contributed by atoms with E-state index in [-0.39, 0.29) is 11.7 Å². The van der Waals surface area contributed by atoms with Crippen molar-refractivity contribution in [3.05, 3.63) is 29.6 Å². The molecule has 7 nitrogen and oxygen atoms in total. The van der Waals surface area contributed by atoms with E-state index in [2.05, 4.69) is 27.3 Å². The number of likely N-dealkylation sites (N-methyl/N-ethyl adjacent to an activating group) is 1. The van der Waals surface area contributed by atoms with Gasteiger partial charge in [0.1, 0.15) is 5.69 Å². The third kappa shape index (κ3) is 4.16. The van der Waals surface area contributed by atoms with Gasteiger partial charge < -0.3 is 16.3 Å². The molecule has 4 N–H and O–H groups in total. The summed E-state index contributed by atoms with van der Waals surface area (Å²) in [5.41, 5.74) is 6.23. The molecule has 1 heterocycles. The molecule has 0 aliphatic heterocycles. The number of carbonyl (C=O) groups excluding carboxylic acids is 1. The molecule has 0 atom stereocenters. The fourth-order valence-electron chi connectivity index (χ4n) is 2.18. The molecular weight excluding hydrogens is 270 g/mol. The zero-order valence-corrected chi connectivity index (χ0v) is 12.1. The number of amides is 1. The third-order valence-electron chi connectivity index (χ3n) is 3.55. The smallest absolute Gasteiger partial charge is 0.269 e. The van der Waals surface area contributed by atoms with E-state index in [1.165, 1.54) is 19.0 Å². The molecule has 0 radical (unpaired) electrons. The van der Waals surface area contributed by atoms with Crippen LogP contribution in [0.3, 0.4) is 0 Å². The molecule has 1 aromatic heterocycles. The van der Waals surface area contributed by atoms with Gasteiger partial charge in [0.05, 0.1) is 0 Å². The summed E-state index contributed by atoms with van der Waals surface area (Å²) in [5.74, 6) is -0.245. The zero-order valence-electron chi connectivity index (χ0n) is 12.1. The molecule has 1 aliphatic carbocycles. The van der Waals surface area contributed by atoms with Crippen LogP contribution in [0.1, 0.15) is 35.8 Å². The number of nitrogens with zero attached hydrogens (tertiary/aromatic N) is 3. The minimum Gasteiger partial charge on any atom is -0.409 e. The molecule has 0 aromatic carbocycles. The highest BCUT2D eigenvalue weighted by molar-refractivity contribution is 5.98. The summed E-state index contributed by atoms with van der Waals surface area (Å²) in [6.07, 6.45) is 3.93. The van der Waals surface area contributed by atoms with E-state index in [4.69, 9.17) is 10.9 Å². The van der Waals surface area contributed by atoms with Crippen molar-refractivity contribution in [1.82, 2.24) is 15.2 Å². The SMILES string of the molecule is CCN(CCNC(=O)c1ccc(/C(N)=N/O)cn1)C1CC1. The van der Waals surface area contributed by atoms with Gasteiger partial charge in [-0.1, -0.05) is 12.1 Å². The van der Waals surface area contributed by atoms with Crippen LogP contribution < -0.4 is 11.1 Å². The van der Waals surface area contributed by atoms with Crippen LogP contribution >= 0.6 is 0 Å². The zero-order chi connectivity index (χ0) is 15.2. The Labute approximate surface area is 123 Å². The first-order valence-electron chi connectivity index (χ1n) is 7.12. The number of aromatic nitrogens is 1. The molecule has 1 saturated carbocycles. The molecule has 2 rings (SSSR count). The molecule has 1 aliphatic rings. The summed E-state index contributed by atoms with van der Waals surface area (Å²) >= 11 is 0. The van der Waals surface area contributed by atoms with Crippen LogP contribution in [-0.4, -0.2) is 52.5 Å². The van der Waals surface area contributed by atoms with Crippen molar-refractivity contribution in [3.63, 3.8) is 0 Å². The molecule has 1 amide bonds. The number of hydrogen-bond acceptors (Lipinski definition) is 5. The quantitative estimate of drug-likeness (QED) is 0.292. The van der Waals surface area contributed by atoms with Gasteiger partial charge in [0, 0.05) is 30.9 Å². The lowest BCUT2D eigenvalue weighted by Gasteiger charge is -2.19. The van der Waals surface area contributed by atoms with Crippen molar-refractivity contribution in [2.75, 3.05) is 19.6 Å². The fourth-order valence-corrected chi connectivity index (χ4v) is 2.18. The molecule has 0 unspecified atom stereocenters. The van der Waals surface area contributed by atoms with Crippen LogP contribution in [-0.2, 0) is 0 Å². The number of amidine groups is 1. The van der Waals surface area contributed by atoms with E-state index >= 15 is 0 Å². The fraction of sp³-hybridized carbons (Fsp3) is 0.500. The van der Waals surface area contributed by atoms with E-state index < -0.39 is 0 Å². The Hall–Kier alpha value is -2.15. The second-order valence-corrected chi connectivity index (χ2v) is 5.03. The summed E-state index contributed by atoms with van der Waals surface area (Å²) in [6.45, 7) is 4.60. The lowest BCUT2D eigenvalue weighted by Crippen LogP contribution is -2.36. The number of pyridine rings is 1. The van der Waals surface area contributed by atoms with Crippen molar-refractivity contribution in [1.29, 1.82) is 0 Å². The number of oxime groups is 1. The number of hydrogen-bond donors (Lipinski definition) is 3. The molecular formula is C14H21N5O2. The van der Waals surface area contributed by atoms with Gasteiger partial charge in [-0.05, 0) is 31.5 Å². The van der Waals surface area contributed by atoms with Crippen LogP contribution in [0.2, 0.25) is 0 Å². The van der Waals surface area contributed by atoms with E-state index in [0.29, 0.717) is 23.8 Å². The van der Waals surface area contributed by atoms with Crippen molar-refractivity contribution < 1.29 is 10.0 Å². The van der Waals surface area contributed by atoms with Gasteiger partial charge in [-0.3, -0.25) is 14.7 Å². The minimum atomic E-state index is -0.215. The standard InChI is InChI=1S/C14H21N5O2/c1-2-19(11-4-5-11)8-7-16-14(20)12-6-3-10(9-17-12)13(15)18-21/h3,6,9,11,21H,2,4-5,7-8H2,1H3,(H2,15,18)(H,16,20). The first kappa shape index (κ1) is 15.2. The van der Waals surface area contributed by atoms with Crippen molar-refractivity contribution in [2.24, 2.45) is 10.9 Å². The van der Waals surface area contributed by atoms with Gasteiger partial charge in [-0.25, -0.2) is 0 Å². The van der Waals surface area contributed by atoms with E-state index in [9.17, 15) is 4.79 Å². The second kappa shape index (κ2) is 7.03. The van der Waals surface area contributed by atoms with Gasteiger partial charge in [0.25, 0.3) is 5.91 Å². The Morgan fingerprint density at radius 1 is 1.57 bits per heavy atom. The van der Waals surface area contributed by atoms with E-state index in [0.717, 1.165) is 13.1 Å². The predicted molar refractivity (Wildman–Crippen MR) is 79.4 cm³/mol. The number of carbonyl (C=O) groups is 1. The Kier molecular flexibility index (Phi) is 5.10. The summed E-state index contributed by atoms with van der Waals surface area (Å²) < 4.78 is 0. The number of nitrogens with two attached hydrogens (primary N) is 1. The van der Waals surface area contributed by atoms with Gasteiger partial charge in [0.15, 0.2) is 5.84 Å². The van der Waals surface area contributed by atoms with Gasteiger partial charge >= 0.3 is 0 Å². The minimum absolute atomic E-state index is 0.0301. The first-order valence-corrected chi connectivity index (χ1v) is 7.12. The normalized spacial score (nSPS) is 15.2. The Morgan fingerprint density at radius 3 is 2.86 bits per heavy atom. The predicted octanol–water partition coefficient (Wildman–Crippen LogP) is 0.390. The van der Waals surface area contributed by atoms with Crippen LogP contribution in [0.15, 0.2) is 23.5 Å². The largest absolute Gasteiger partial charge is 0.409 e. The molecule has 21 heavy (non-hydrogen) atoms. The average molecular weight is 291 g/mol. The maximum absolute atomic E-state index is 11.9. The van der Waals surface area contributed by atoms with E-state index in [1.54, 1.807) is 12.1 Å². The third-order valence-corrected chi connectivity index (χ3v) is 3.55.